The standard InChI is InChI=1S/C13H13N3O5S/c1-9-6-10(15-21-9)14-11(17)7-20-13(18)8-22-12-4-2-3-5-16(12)19/h2-6H,7-8H2,1H3,(H,14,15,17). The Labute approximate surface area is 130 Å². The molecule has 2 aromatic heterocycles. The molecule has 1 N–H and O–H groups in total. The van der Waals surface area contributed by atoms with E-state index in [9.17, 15) is 14.8 Å². The molecule has 22 heavy (non-hydrogen) atoms. The van der Waals surface area contributed by atoms with E-state index >= 15 is 0 Å². The highest BCUT2D eigenvalue weighted by molar-refractivity contribution is 7.99. The average Bonchev–Trinajstić information content (AvgIpc) is 2.89. The van der Waals surface area contributed by atoms with Gasteiger partial charge in [-0.25, -0.2) is 0 Å². The van der Waals surface area contributed by atoms with Crippen molar-refractivity contribution < 1.29 is 23.6 Å². The van der Waals surface area contributed by atoms with E-state index < -0.39 is 18.5 Å². The van der Waals surface area contributed by atoms with Crippen LogP contribution in [0, 0.1) is 12.1 Å². The number of hydrogen-bond acceptors (Lipinski definition) is 7. The molecule has 0 saturated heterocycles. The molecule has 0 aliphatic carbocycles. The molecule has 2 aromatic rings. The summed E-state index contributed by atoms with van der Waals surface area (Å²) in [6.07, 6.45) is 1.33. The summed E-state index contributed by atoms with van der Waals surface area (Å²) in [6, 6.07) is 6.41. The first-order valence-electron chi connectivity index (χ1n) is 6.24. The molecule has 0 aliphatic rings. The zero-order valence-corrected chi connectivity index (χ0v) is 12.5. The third-order valence-electron chi connectivity index (χ3n) is 2.39. The van der Waals surface area contributed by atoms with Gasteiger partial charge in [0.05, 0.1) is 0 Å². The van der Waals surface area contributed by atoms with Crippen molar-refractivity contribution in [1.29, 1.82) is 0 Å². The molecule has 0 saturated carbocycles. The Morgan fingerprint density at radius 2 is 2.32 bits per heavy atom. The lowest BCUT2D eigenvalue weighted by Crippen LogP contribution is -2.28. The fourth-order valence-corrected chi connectivity index (χ4v) is 2.16. The number of nitrogens with one attached hydrogen (secondary N) is 1. The van der Waals surface area contributed by atoms with E-state index in [0.29, 0.717) is 15.5 Å². The minimum absolute atomic E-state index is 0.0669. The summed E-state index contributed by atoms with van der Waals surface area (Å²) in [7, 11) is 0. The number of carbonyl (C=O) groups excluding carboxylic acids is 2. The Kier molecular flexibility index (Phi) is 5.37. The van der Waals surface area contributed by atoms with Crippen molar-refractivity contribution in [3.63, 3.8) is 0 Å². The number of thioether (sulfide) groups is 1. The summed E-state index contributed by atoms with van der Waals surface area (Å²) in [5.41, 5.74) is 0. The molecule has 0 atom stereocenters. The van der Waals surface area contributed by atoms with Crippen LogP contribution in [-0.4, -0.2) is 29.4 Å². The number of aryl methyl sites for hydroxylation is 1. The first kappa shape index (κ1) is 15.8. The van der Waals surface area contributed by atoms with E-state index in [1.54, 1.807) is 25.1 Å². The van der Waals surface area contributed by atoms with Crippen LogP contribution in [0.3, 0.4) is 0 Å². The van der Waals surface area contributed by atoms with E-state index in [4.69, 9.17) is 9.26 Å². The maximum Gasteiger partial charge on any atom is 0.317 e. The second kappa shape index (κ2) is 7.46. The predicted molar refractivity (Wildman–Crippen MR) is 77.0 cm³/mol. The second-order valence-corrected chi connectivity index (χ2v) is 5.18. The van der Waals surface area contributed by atoms with Gasteiger partial charge in [0.1, 0.15) is 11.5 Å². The van der Waals surface area contributed by atoms with Gasteiger partial charge in [0, 0.05) is 18.2 Å². The molecule has 0 fully saturated rings. The van der Waals surface area contributed by atoms with Crippen molar-refractivity contribution in [2.75, 3.05) is 17.7 Å². The van der Waals surface area contributed by atoms with Gasteiger partial charge in [-0.1, -0.05) is 5.16 Å². The van der Waals surface area contributed by atoms with Crippen LogP contribution in [0.25, 0.3) is 0 Å². The summed E-state index contributed by atoms with van der Waals surface area (Å²) >= 11 is 1.03. The lowest BCUT2D eigenvalue weighted by Gasteiger charge is -2.05. The quantitative estimate of drug-likeness (QED) is 0.364. The van der Waals surface area contributed by atoms with Crippen LogP contribution in [0.2, 0.25) is 0 Å². The summed E-state index contributed by atoms with van der Waals surface area (Å²) in [5.74, 6) is -0.379. The molecule has 0 spiro atoms. The molecular weight excluding hydrogens is 310 g/mol. The summed E-state index contributed by atoms with van der Waals surface area (Å²) in [5, 5.41) is 17.7. The summed E-state index contributed by atoms with van der Waals surface area (Å²) in [4.78, 5) is 23.0. The van der Waals surface area contributed by atoms with Gasteiger partial charge in [-0.05, 0) is 24.8 Å². The van der Waals surface area contributed by atoms with Crippen LogP contribution in [0.5, 0.6) is 0 Å². The van der Waals surface area contributed by atoms with Gasteiger partial charge in [0.25, 0.3) is 10.9 Å². The Morgan fingerprint density at radius 3 is 3.00 bits per heavy atom. The maximum atomic E-state index is 11.5. The van der Waals surface area contributed by atoms with E-state index in [1.807, 2.05) is 0 Å². The van der Waals surface area contributed by atoms with Crippen molar-refractivity contribution in [1.82, 2.24) is 5.16 Å². The lowest BCUT2D eigenvalue weighted by atomic mass is 10.5. The monoisotopic (exact) mass is 323 g/mol. The minimum Gasteiger partial charge on any atom is -0.618 e. The molecule has 2 rings (SSSR count). The molecule has 0 bridgehead atoms. The third-order valence-corrected chi connectivity index (χ3v) is 3.38. The van der Waals surface area contributed by atoms with Gasteiger partial charge in [-0.2, -0.15) is 4.73 Å². The lowest BCUT2D eigenvalue weighted by molar-refractivity contribution is -0.645. The zero-order chi connectivity index (χ0) is 15.9. The number of carbonyl (C=O) groups is 2. The first-order valence-corrected chi connectivity index (χ1v) is 7.23. The molecule has 8 nitrogen and oxygen atoms in total. The second-order valence-electron chi connectivity index (χ2n) is 4.19. The Balaban J connectivity index is 1.71. The summed E-state index contributed by atoms with van der Waals surface area (Å²) < 4.78 is 10.2. The minimum atomic E-state index is -0.597. The Bertz CT molecular complexity index is 673. The van der Waals surface area contributed by atoms with Crippen LogP contribution in [-0.2, 0) is 14.3 Å². The maximum absolute atomic E-state index is 11.5. The highest BCUT2D eigenvalue weighted by Gasteiger charge is 2.12. The highest BCUT2D eigenvalue weighted by Crippen LogP contribution is 2.12. The molecule has 9 heteroatoms. The summed E-state index contributed by atoms with van der Waals surface area (Å²) in [6.45, 7) is 1.25. The molecule has 2 heterocycles. The molecule has 0 radical (unpaired) electrons. The molecular formula is C13H13N3O5S. The number of anilines is 1. The van der Waals surface area contributed by atoms with Gasteiger partial charge in [-0.15, -0.1) is 0 Å². The molecule has 0 aromatic carbocycles. The molecule has 116 valence electrons. The molecule has 0 unspecified atom stereocenters. The topological polar surface area (TPSA) is 108 Å². The van der Waals surface area contributed by atoms with Crippen LogP contribution in [0.15, 0.2) is 40.0 Å². The Hall–Kier alpha value is -2.55. The van der Waals surface area contributed by atoms with E-state index in [-0.39, 0.29) is 11.6 Å². The number of hydrogen-bond donors (Lipinski definition) is 1. The van der Waals surface area contributed by atoms with Gasteiger partial charge in [-0.3, -0.25) is 9.59 Å². The zero-order valence-electron chi connectivity index (χ0n) is 11.6. The fourth-order valence-electron chi connectivity index (χ4n) is 1.45. The number of ether oxygens (including phenoxy) is 1. The first-order chi connectivity index (χ1) is 10.5. The smallest absolute Gasteiger partial charge is 0.317 e. The number of pyridine rings is 1. The van der Waals surface area contributed by atoms with Gasteiger partial charge in [0.2, 0.25) is 0 Å². The predicted octanol–water partition coefficient (Wildman–Crippen LogP) is 0.890. The largest absolute Gasteiger partial charge is 0.618 e. The normalized spacial score (nSPS) is 10.2. The van der Waals surface area contributed by atoms with E-state index in [2.05, 4.69) is 10.5 Å². The fraction of sp³-hybridized carbons (Fsp3) is 0.231. The van der Waals surface area contributed by atoms with Gasteiger partial charge < -0.3 is 19.8 Å². The van der Waals surface area contributed by atoms with Crippen molar-refractivity contribution in [2.45, 2.75) is 11.9 Å². The van der Waals surface area contributed by atoms with Crippen LogP contribution >= 0.6 is 11.8 Å². The highest BCUT2D eigenvalue weighted by atomic mass is 32.2. The van der Waals surface area contributed by atoms with Crippen molar-refractivity contribution >= 4 is 29.5 Å². The van der Waals surface area contributed by atoms with E-state index in [1.165, 1.54) is 12.3 Å². The van der Waals surface area contributed by atoms with Gasteiger partial charge in [0.15, 0.2) is 18.6 Å². The van der Waals surface area contributed by atoms with Crippen LogP contribution in [0.1, 0.15) is 5.76 Å². The molecule has 0 aliphatic heterocycles. The number of amides is 1. The van der Waals surface area contributed by atoms with Crippen molar-refractivity contribution in [3.05, 3.63) is 41.4 Å². The molecule has 1 amide bonds. The number of nitrogens with zero attached hydrogens (tertiary/aromatic N) is 2. The van der Waals surface area contributed by atoms with Crippen molar-refractivity contribution in [2.24, 2.45) is 0 Å². The third kappa shape index (κ3) is 4.77. The number of rotatable bonds is 6. The van der Waals surface area contributed by atoms with Crippen LogP contribution < -0.4 is 10.0 Å². The average molecular weight is 323 g/mol. The van der Waals surface area contributed by atoms with E-state index in [0.717, 1.165) is 11.8 Å². The van der Waals surface area contributed by atoms with Crippen LogP contribution in [0.4, 0.5) is 5.82 Å². The SMILES string of the molecule is Cc1cc(NC(=O)COC(=O)CSc2cccc[n+]2[O-])no1. The Morgan fingerprint density at radius 1 is 1.50 bits per heavy atom. The number of aromatic nitrogens is 2. The number of esters is 1. The van der Waals surface area contributed by atoms with Gasteiger partial charge >= 0.3 is 5.97 Å². The van der Waals surface area contributed by atoms with Crippen molar-refractivity contribution in [3.8, 4) is 0 Å².